The van der Waals surface area contributed by atoms with Crippen molar-refractivity contribution in [3.8, 4) is 45.3 Å². The number of morpholine rings is 3. The summed E-state index contributed by atoms with van der Waals surface area (Å²) in [5.41, 5.74) is 23.1. The van der Waals surface area contributed by atoms with E-state index in [0.29, 0.717) is 117 Å². The van der Waals surface area contributed by atoms with Gasteiger partial charge in [-0.15, -0.1) is 0 Å². The highest BCUT2D eigenvalue weighted by atomic mass is 19.4. The number of nitrogen functional groups attached to an aromatic ring is 3. The zero-order valence-corrected chi connectivity index (χ0v) is 55.3. The van der Waals surface area contributed by atoms with Crippen LogP contribution in [0.1, 0.15) is 152 Å². The highest BCUT2D eigenvalue weighted by Crippen LogP contribution is 2.67. The molecule has 516 valence electrons. The van der Waals surface area contributed by atoms with Crippen LogP contribution in [0.2, 0.25) is 0 Å². The Bertz CT molecular complexity index is 3480. The van der Waals surface area contributed by atoms with Crippen molar-refractivity contribution in [2.24, 2.45) is 35.5 Å². The number of rotatable bonds is 16. The van der Waals surface area contributed by atoms with E-state index in [4.69, 9.17) is 41.6 Å². The van der Waals surface area contributed by atoms with Gasteiger partial charge < -0.3 is 40.9 Å². The van der Waals surface area contributed by atoms with E-state index in [1.54, 1.807) is 12.4 Å². The van der Waals surface area contributed by atoms with E-state index in [-0.39, 0.29) is 41.3 Å². The van der Waals surface area contributed by atoms with Crippen molar-refractivity contribution in [3.05, 3.63) is 77.6 Å². The third-order valence-corrected chi connectivity index (χ3v) is 21.5. The molecular weight excluding hydrogens is 1240 g/mol. The molecule has 0 spiro atoms. The molecule has 0 amide bonds. The molecule has 6 unspecified atom stereocenters. The average molecular weight is 1330 g/mol. The van der Waals surface area contributed by atoms with Crippen LogP contribution in [-0.2, 0) is 20.4 Å². The first kappa shape index (κ1) is 66.9. The lowest BCUT2D eigenvalue weighted by atomic mass is 10.0. The normalized spacial score (nSPS) is 29.7. The van der Waals surface area contributed by atoms with Gasteiger partial charge in [0.25, 0.3) is 0 Å². The molecule has 6 saturated carbocycles. The summed E-state index contributed by atoms with van der Waals surface area (Å²) in [5.74, 6) is 4.57. The molecule has 6 aromatic rings. The first-order chi connectivity index (χ1) is 45.4. The van der Waals surface area contributed by atoms with E-state index >= 15 is 0 Å². The number of nitrogens with zero attached hydrogens (tertiary/aromatic N) is 12. The Balaban J connectivity index is 0.000000129. The van der Waals surface area contributed by atoms with Gasteiger partial charge in [0.05, 0.1) is 61.3 Å². The number of pyridine rings is 3. The second-order valence-corrected chi connectivity index (χ2v) is 28.5. The standard InChI is InChI=1S/2C23H31F2N5O2.C22H28F3N5O/c2*1-12(2)30-19(9-18(28-30)14-6-20(32-23(24)25)22(26)27-10-14)21-16-7-15(8-17(16)21)29-4-5-31-13(3)11-29;1-12(2)30-19(20-15-8-14(9-16(15)20)29-3-5-31-6-4-29)10-18(28-30)13-7-17(22(23,24)25)21(26)27-11-13/h2*6,9-10,12-13,15-17,21,23H,4-5,7-8,11H2,1-3H3,(H2,26,27);7,10-12,14-16,20H,3-6,8-9H2,1-2H3,(H2,26,27)/t2*13-,15?,16-,17+,21?;14?,15-,16+,20?/m11./s1. The first-order valence-electron chi connectivity index (χ1n) is 33.9. The summed E-state index contributed by atoms with van der Waals surface area (Å²) in [6, 6.07) is 12.6. The van der Waals surface area contributed by atoms with Gasteiger partial charge in [-0.3, -0.25) is 28.7 Å². The van der Waals surface area contributed by atoms with Gasteiger partial charge in [-0.25, -0.2) is 15.0 Å². The van der Waals surface area contributed by atoms with Crippen molar-refractivity contribution in [2.75, 3.05) is 82.9 Å². The summed E-state index contributed by atoms with van der Waals surface area (Å²) in [5, 5.41) is 14.3. The van der Waals surface area contributed by atoms with Crippen LogP contribution < -0.4 is 26.7 Å². The summed E-state index contributed by atoms with van der Waals surface area (Å²) >= 11 is 0. The highest BCUT2D eigenvalue weighted by Gasteiger charge is 2.61. The number of halogens is 7. The van der Waals surface area contributed by atoms with Gasteiger partial charge in [0.15, 0.2) is 23.1 Å². The molecule has 14 atom stereocenters. The van der Waals surface area contributed by atoms with Crippen LogP contribution in [0.15, 0.2) is 55.0 Å². The number of alkyl halides is 7. The number of hydrogen-bond donors (Lipinski definition) is 3. The molecule has 9 aliphatic rings. The van der Waals surface area contributed by atoms with Crippen LogP contribution in [0.5, 0.6) is 11.5 Å². The van der Waals surface area contributed by atoms with Gasteiger partial charge in [-0.1, -0.05) is 0 Å². The lowest BCUT2D eigenvalue weighted by Gasteiger charge is -2.36. The molecule has 15 rings (SSSR count). The van der Waals surface area contributed by atoms with Crippen molar-refractivity contribution < 1.29 is 54.4 Å². The Morgan fingerprint density at radius 3 is 1.12 bits per heavy atom. The van der Waals surface area contributed by atoms with Crippen LogP contribution in [0.25, 0.3) is 33.8 Å². The Morgan fingerprint density at radius 1 is 0.463 bits per heavy atom. The van der Waals surface area contributed by atoms with E-state index in [1.165, 1.54) is 68.2 Å². The van der Waals surface area contributed by atoms with Crippen LogP contribution in [-0.4, -0.2) is 168 Å². The molecule has 0 radical (unpaired) electrons. The number of fused-ring (bicyclic) bond motifs is 3. The molecule has 20 nitrogen and oxygen atoms in total. The average Bonchev–Trinajstić information content (AvgIpc) is 1.57. The predicted molar refractivity (Wildman–Crippen MR) is 344 cm³/mol. The highest BCUT2D eigenvalue weighted by molar-refractivity contribution is 5.66. The molecule has 0 aromatic carbocycles. The van der Waals surface area contributed by atoms with Crippen LogP contribution in [0.3, 0.4) is 0 Å². The van der Waals surface area contributed by atoms with Gasteiger partial charge in [-0.2, -0.15) is 46.0 Å². The third-order valence-electron chi connectivity index (χ3n) is 21.5. The zero-order chi connectivity index (χ0) is 67.0. The number of aromatic nitrogens is 9. The summed E-state index contributed by atoms with van der Waals surface area (Å²) in [6.45, 7) is 20.4. The van der Waals surface area contributed by atoms with Crippen LogP contribution in [0, 0.1) is 35.5 Å². The Labute approximate surface area is 549 Å². The summed E-state index contributed by atoms with van der Waals surface area (Å²) in [4.78, 5) is 19.6. The van der Waals surface area contributed by atoms with E-state index in [2.05, 4.69) is 121 Å². The maximum absolute atomic E-state index is 13.3. The minimum Gasteiger partial charge on any atom is -0.431 e. The van der Waals surface area contributed by atoms with Gasteiger partial charge in [-0.05, 0) is 166 Å². The van der Waals surface area contributed by atoms with Crippen molar-refractivity contribution in [2.45, 2.75) is 180 Å². The molecule has 6 aliphatic carbocycles. The topological polar surface area (TPSA) is 226 Å². The number of ether oxygens (including phenoxy) is 5. The molecule has 9 fully saturated rings. The second kappa shape index (κ2) is 27.0. The second-order valence-electron chi connectivity index (χ2n) is 28.5. The van der Waals surface area contributed by atoms with Gasteiger partial charge in [0.1, 0.15) is 5.82 Å². The fourth-order valence-electron chi connectivity index (χ4n) is 17.0. The van der Waals surface area contributed by atoms with Gasteiger partial charge in [0, 0.05) is 146 Å². The molecule has 95 heavy (non-hydrogen) atoms. The molecule has 6 aromatic heterocycles. The predicted octanol–water partition coefficient (Wildman–Crippen LogP) is 11.8. The van der Waals surface area contributed by atoms with Crippen molar-refractivity contribution in [3.63, 3.8) is 0 Å². The molecule has 0 bridgehead atoms. The summed E-state index contributed by atoms with van der Waals surface area (Å²) in [6.07, 6.45) is 7.82. The lowest BCUT2D eigenvalue weighted by molar-refractivity contribution is -0.137. The van der Waals surface area contributed by atoms with E-state index < -0.39 is 30.8 Å². The van der Waals surface area contributed by atoms with Gasteiger partial charge in [0.2, 0.25) is 0 Å². The first-order valence-corrected chi connectivity index (χ1v) is 33.9. The van der Waals surface area contributed by atoms with E-state index in [0.717, 1.165) is 77.5 Å². The smallest absolute Gasteiger partial charge is 0.419 e. The van der Waals surface area contributed by atoms with Crippen LogP contribution in [0.4, 0.5) is 48.2 Å². The quantitative estimate of drug-likeness (QED) is 0.0766. The Morgan fingerprint density at radius 2 is 0.789 bits per heavy atom. The van der Waals surface area contributed by atoms with Crippen molar-refractivity contribution in [1.29, 1.82) is 0 Å². The maximum Gasteiger partial charge on any atom is 0.419 e. The monoisotopic (exact) mass is 1330 g/mol. The molecular formula is C68H90F7N15O5. The molecule has 3 aliphatic heterocycles. The maximum atomic E-state index is 13.3. The van der Waals surface area contributed by atoms with Crippen LogP contribution >= 0.6 is 0 Å². The number of hydrogen-bond acceptors (Lipinski definition) is 17. The SMILES string of the molecule is CC(C)n1nc(-c2cnc(N)c(C(F)(F)F)c2)cc1C1[C@H]2CC(N3CCOCC3)C[C@@H]12.CC(C)n1nc(-c2cnc(N)c(OC(F)F)c2)cc1C1[C@H]2CC(N3CCO[C@H](C)C3)C[C@@H]12.CC(C)n1nc(-c2cnc(N)c(OC(F)F)c2)cc1C1[C@H]2CC(N3CCO[C@H](C)C3)C[C@@H]12. The van der Waals surface area contributed by atoms with Gasteiger partial charge >= 0.3 is 19.4 Å². The fourth-order valence-corrected chi connectivity index (χ4v) is 17.0. The number of anilines is 3. The molecule has 9 heterocycles. The Hall–Kier alpha value is -6.65. The van der Waals surface area contributed by atoms with E-state index in [9.17, 15) is 30.7 Å². The molecule has 3 saturated heterocycles. The number of nitrogens with two attached hydrogens (primary N) is 3. The molecule has 6 N–H and O–H groups in total. The summed E-state index contributed by atoms with van der Waals surface area (Å²) < 4.78 is 123. The Kier molecular flexibility index (Phi) is 19.0. The minimum atomic E-state index is -4.54. The largest absolute Gasteiger partial charge is 0.431 e. The van der Waals surface area contributed by atoms with Crippen molar-refractivity contribution >= 4 is 17.5 Å². The molecule has 27 heteroatoms. The summed E-state index contributed by atoms with van der Waals surface area (Å²) in [7, 11) is 0. The minimum absolute atomic E-state index is 0.0576. The fraction of sp³-hybridized carbons (Fsp3) is 0.647. The zero-order valence-electron chi connectivity index (χ0n) is 55.3. The van der Waals surface area contributed by atoms with Crippen molar-refractivity contribution in [1.82, 2.24) is 59.0 Å². The van der Waals surface area contributed by atoms with E-state index in [1.807, 2.05) is 10.7 Å². The third kappa shape index (κ3) is 14.1. The lowest BCUT2D eigenvalue weighted by Crippen LogP contribution is -2.46.